The van der Waals surface area contributed by atoms with Crippen LogP contribution in [-0.4, -0.2) is 28.7 Å². The number of alkyl halides is 3. The van der Waals surface area contributed by atoms with Gasteiger partial charge >= 0.3 is 6.18 Å². The second-order valence-electron chi connectivity index (χ2n) is 8.59. The molecule has 0 spiro atoms. The Morgan fingerprint density at radius 3 is 2.35 bits per heavy atom. The summed E-state index contributed by atoms with van der Waals surface area (Å²) in [6.07, 6.45) is -2.62. The molecule has 1 saturated carbocycles. The zero-order valence-corrected chi connectivity index (χ0v) is 20.0. The normalized spacial score (nSPS) is 14.0. The van der Waals surface area contributed by atoms with E-state index in [0.29, 0.717) is 35.3 Å². The molecule has 7 nitrogen and oxygen atoms in total. The standard InChI is InChI=1S/C26H22ClF3N4O3/c27-20-9-4-15(14-32-24(36)25(37)10-11-25)12-18(20)23(35)34-22-3-1-2-21(19(22)13-31)33-17-7-5-16(6-8-17)26(28,29)30/h1-9,12-13,31,33,37H,10-11,14H2,(H,32,36)(H,34,35). The van der Waals surface area contributed by atoms with Gasteiger partial charge in [-0.25, -0.2) is 0 Å². The molecular formula is C26H22ClF3N4O3. The van der Waals surface area contributed by atoms with Crippen LogP contribution < -0.4 is 16.0 Å². The highest BCUT2D eigenvalue weighted by atomic mass is 35.5. The van der Waals surface area contributed by atoms with Crippen molar-refractivity contribution in [3.63, 3.8) is 0 Å². The molecule has 0 heterocycles. The molecule has 11 heteroatoms. The Balaban J connectivity index is 1.50. The molecule has 0 radical (unpaired) electrons. The molecule has 1 aliphatic rings. The summed E-state index contributed by atoms with van der Waals surface area (Å²) in [7, 11) is 0. The van der Waals surface area contributed by atoms with E-state index in [9.17, 15) is 27.9 Å². The first-order valence-corrected chi connectivity index (χ1v) is 11.6. The van der Waals surface area contributed by atoms with Crippen LogP contribution in [0.3, 0.4) is 0 Å². The number of carbonyl (C=O) groups excluding carboxylic acids is 2. The van der Waals surface area contributed by atoms with Crippen molar-refractivity contribution < 1.29 is 27.9 Å². The number of aliphatic hydroxyl groups is 1. The van der Waals surface area contributed by atoms with Gasteiger partial charge in [0, 0.05) is 29.7 Å². The lowest BCUT2D eigenvalue weighted by Crippen LogP contribution is -2.35. The van der Waals surface area contributed by atoms with Crippen LogP contribution in [0.25, 0.3) is 0 Å². The number of carbonyl (C=O) groups is 2. The molecule has 3 aromatic rings. The summed E-state index contributed by atoms with van der Waals surface area (Å²) in [4.78, 5) is 25.0. The summed E-state index contributed by atoms with van der Waals surface area (Å²) >= 11 is 6.23. The van der Waals surface area contributed by atoms with Gasteiger partial charge in [0.2, 0.25) is 0 Å². The number of nitrogens with one attached hydrogen (secondary N) is 4. The van der Waals surface area contributed by atoms with Crippen LogP contribution in [0.1, 0.15) is 39.9 Å². The SMILES string of the molecule is N=Cc1c(NC(=O)c2cc(CNC(=O)C3(O)CC3)ccc2Cl)cccc1Nc1ccc(C(F)(F)F)cc1. The quantitative estimate of drug-likeness (QED) is 0.248. The lowest BCUT2D eigenvalue weighted by molar-refractivity contribution is -0.137. The average molecular weight is 531 g/mol. The highest BCUT2D eigenvalue weighted by molar-refractivity contribution is 6.34. The lowest BCUT2D eigenvalue weighted by Gasteiger charge is -2.16. The third-order valence-corrected chi connectivity index (χ3v) is 6.19. The molecule has 5 N–H and O–H groups in total. The van der Waals surface area contributed by atoms with Gasteiger partial charge in [0.1, 0.15) is 5.60 Å². The van der Waals surface area contributed by atoms with E-state index in [1.165, 1.54) is 24.3 Å². The van der Waals surface area contributed by atoms with Crippen molar-refractivity contribution in [3.05, 3.63) is 87.9 Å². The zero-order valence-electron chi connectivity index (χ0n) is 19.2. The maximum absolute atomic E-state index is 13.0. The highest BCUT2D eigenvalue weighted by Gasteiger charge is 2.47. The van der Waals surface area contributed by atoms with E-state index in [0.717, 1.165) is 18.3 Å². The van der Waals surface area contributed by atoms with E-state index >= 15 is 0 Å². The van der Waals surface area contributed by atoms with Crippen molar-refractivity contribution in [1.29, 1.82) is 5.41 Å². The van der Waals surface area contributed by atoms with E-state index in [2.05, 4.69) is 16.0 Å². The predicted octanol–water partition coefficient (Wildman–Crippen LogP) is 5.49. The summed E-state index contributed by atoms with van der Waals surface area (Å²) in [6.45, 7) is 0.0941. The molecule has 0 atom stereocenters. The van der Waals surface area contributed by atoms with Crippen LogP contribution in [-0.2, 0) is 17.5 Å². The van der Waals surface area contributed by atoms with Crippen molar-refractivity contribution in [1.82, 2.24) is 5.32 Å². The fourth-order valence-corrected chi connectivity index (χ4v) is 3.78. The minimum Gasteiger partial charge on any atom is -0.380 e. The molecule has 37 heavy (non-hydrogen) atoms. The van der Waals surface area contributed by atoms with E-state index in [1.807, 2.05) is 0 Å². The summed E-state index contributed by atoms with van der Waals surface area (Å²) in [5, 5.41) is 26.2. The summed E-state index contributed by atoms with van der Waals surface area (Å²) in [5.41, 5.74) is -0.0204. The van der Waals surface area contributed by atoms with E-state index in [1.54, 1.807) is 24.3 Å². The van der Waals surface area contributed by atoms with E-state index in [4.69, 9.17) is 17.0 Å². The molecule has 1 fully saturated rings. The number of rotatable bonds is 8. The average Bonchev–Trinajstić information content (AvgIpc) is 3.61. The molecule has 0 aliphatic heterocycles. The largest absolute Gasteiger partial charge is 0.416 e. The first-order chi connectivity index (χ1) is 17.5. The first kappa shape index (κ1) is 26.2. The Hall–Kier alpha value is -3.89. The van der Waals surface area contributed by atoms with Crippen LogP contribution in [0.5, 0.6) is 0 Å². The van der Waals surface area contributed by atoms with Crippen LogP contribution >= 0.6 is 11.6 Å². The minimum atomic E-state index is -4.45. The van der Waals surface area contributed by atoms with Gasteiger partial charge in [-0.15, -0.1) is 0 Å². The van der Waals surface area contributed by atoms with E-state index in [-0.39, 0.29) is 22.8 Å². The monoisotopic (exact) mass is 530 g/mol. The zero-order chi connectivity index (χ0) is 26.8. The van der Waals surface area contributed by atoms with Crippen molar-refractivity contribution in [2.24, 2.45) is 0 Å². The Morgan fingerprint density at radius 1 is 1.05 bits per heavy atom. The molecular weight excluding hydrogens is 509 g/mol. The van der Waals surface area contributed by atoms with Gasteiger partial charge in [-0.2, -0.15) is 13.2 Å². The van der Waals surface area contributed by atoms with Gasteiger partial charge in [0.15, 0.2) is 0 Å². The molecule has 1 aliphatic carbocycles. The van der Waals surface area contributed by atoms with Crippen molar-refractivity contribution in [2.75, 3.05) is 10.6 Å². The van der Waals surface area contributed by atoms with Gasteiger partial charge in [-0.1, -0.05) is 23.7 Å². The van der Waals surface area contributed by atoms with Gasteiger partial charge in [-0.3, -0.25) is 9.59 Å². The number of amides is 2. The van der Waals surface area contributed by atoms with Crippen molar-refractivity contribution in [3.8, 4) is 0 Å². The topological polar surface area (TPSA) is 114 Å². The first-order valence-electron chi connectivity index (χ1n) is 11.2. The van der Waals surface area contributed by atoms with Gasteiger partial charge in [-0.05, 0) is 66.9 Å². The fourth-order valence-electron chi connectivity index (χ4n) is 3.58. The Morgan fingerprint density at radius 2 is 1.73 bits per heavy atom. The predicted molar refractivity (Wildman–Crippen MR) is 134 cm³/mol. The molecule has 0 aromatic heterocycles. The smallest absolute Gasteiger partial charge is 0.380 e. The van der Waals surface area contributed by atoms with E-state index < -0.39 is 29.2 Å². The maximum Gasteiger partial charge on any atom is 0.416 e. The molecule has 0 saturated heterocycles. The number of benzene rings is 3. The summed E-state index contributed by atoms with van der Waals surface area (Å²) in [5.74, 6) is -1.03. The Labute approximate surface area is 215 Å². The molecule has 0 unspecified atom stereocenters. The number of hydrogen-bond donors (Lipinski definition) is 5. The summed E-state index contributed by atoms with van der Waals surface area (Å²) < 4.78 is 38.5. The van der Waals surface area contributed by atoms with Crippen LogP contribution in [0.2, 0.25) is 5.02 Å². The van der Waals surface area contributed by atoms with Crippen LogP contribution in [0.15, 0.2) is 60.7 Å². The van der Waals surface area contributed by atoms with Crippen LogP contribution in [0.4, 0.5) is 30.2 Å². The van der Waals surface area contributed by atoms with Gasteiger partial charge in [0.25, 0.3) is 11.8 Å². The van der Waals surface area contributed by atoms with Crippen molar-refractivity contribution >= 4 is 46.7 Å². The second-order valence-corrected chi connectivity index (χ2v) is 9.00. The third kappa shape index (κ3) is 6.10. The van der Waals surface area contributed by atoms with Crippen molar-refractivity contribution in [2.45, 2.75) is 31.2 Å². The number of hydrogen-bond acceptors (Lipinski definition) is 5. The molecule has 0 bridgehead atoms. The Kier molecular flexibility index (Phi) is 7.24. The second kappa shape index (κ2) is 10.2. The maximum atomic E-state index is 13.0. The third-order valence-electron chi connectivity index (χ3n) is 5.86. The van der Waals surface area contributed by atoms with Crippen LogP contribution in [0, 0.1) is 5.41 Å². The molecule has 3 aromatic carbocycles. The molecule has 2 amide bonds. The molecule has 192 valence electrons. The minimum absolute atomic E-state index is 0.0941. The van der Waals surface area contributed by atoms with Gasteiger partial charge < -0.3 is 26.5 Å². The highest BCUT2D eigenvalue weighted by Crippen LogP contribution is 2.35. The molecule has 4 rings (SSSR count). The summed E-state index contributed by atoms with van der Waals surface area (Å²) in [6, 6.07) is 13.9. The Bertz CT molecular complexity index is 1360. The van der Waals surface area contributed by atoms with Gasteiger partial charge in [0.05, 0.1) is 21.8 Å². The lowest BCUT2D eigenvalue weighted by atomic mass is 10.1. The number of anilines is 3. The fraction of sp³-hybridized carbons (Fsp3) is 0.192. The number of halogens is 4.